The van der Waals surface area contributed by atoms with Gasteiger partial charge in [0.15, 0.2) is 6.36 Å². The first-order valence-electron chi connectivity index (χ1n) is 5.06. The van der Waals surface area contributed by atoms with Crippen molar-refractivity contribution in [2.45, 2.75) is 45.5 Å². The molecule has 0 spiro atoms. The van der Waals surface area contributed by atoms with Crippen molar-refractivity contribution in [3.63, 3.8) is 0 Å². The molecular formula is C9H21FO3Si. The first-order chi connectivity index (χ1) is 6.64. The summed E-state index contributed by atoms with van der Waals surface area (Å²) in [7, 11) is 0.306. The highest BCUT2D eigenvalue weighted by Gasteiger charge is 2.39. The van der Waals surface area contributed by atoms with E-state index in [-0.39, 0.29) is 0 Å². The van der Waals surface area contributed by atoms with E-state index in [0.29, 0.717) is 12.5 Å². The molecule has 14 heavy (non-hydrogen) atoms. The first-order valence-corrected chi connectivity index (χ1v) is 6.99. The number of alkyl halides is 1. The fourth-order valence-electron chi connectivity index (χ4n) is 1.17. The monoisotopic (exact) mass is 224 g/mol. The van der Waals surface area contributed by atoms with Gasteiger partial charge in [-0.2, -0.15) is 0 Å². The fraction of sp³-hybridized carbons (Fsp3) is 1.00. The minimum absolute atomic E-state index is 0.415. The second kappa shape index (κ2) is 7.34. The van der Waals surface area contributed by atoms with Crippen LogP contribution in [0, 0.1) is 0 Å². The van der Waals surface area contributed by atoms with Crippen LogP contribution >= 0.6 is 0 Å². The van der Waals surface area contributed by atoms with Crippen molar-refractivity contribution in [1.82, 2.24) is 0 Å². The Labute approximate surface area is 86.9 Å². The van der Waals surface area contributed by atoms with Gasteiger partial charge in [-0.15, -0.1) is 0 Å². The van der Waals surface area contributed by atoms with Crippen molar-refractivity contribution >= 4 is 8.80 Å². The topological polar surface area (TPSA) is 27.7 Å². The van der Waals surface area contributed by atoms with Crippen LogP contribution in [0.25, 0.3) is 0 Å². The molecule has 0 aliphatic heterocycles. The van der Waals surface area contributed by atoms with Gasteiger partial charge in [-0.25, -0.2) is 4.39 Å². The van der Waals surface area contributed by atoms with Crippen LogP contribution in [0.15, 0.2) is 0 Å². The van der Waals surface area contributed by atoms with Crippen molar-refractivity contribution < 1.29 is 17.7 Å². The summed E-state index contributed by atoms with van der Waals surface area (Å²) in [5.74, 6) is 0. The highest BCUT2D eigenvalue weighted by atomic mass is 28.4. The number of unbranched alkanes of at least 4 members (excludes halogenated alkanes) is 1. The molecule has 0 saturated heterocycles. The third-order valence-electron chi connectivity index (χ3n) is 2.15. The third-order valence-corrected chi connectivity index (χ3v) is 4.87. The Kier molecular flexibility index (Phi) is 7.35. The zero-order chi connectivity index (χ0) is 11.0. The molecule has 0 bridgehead atoms. The van der Waals surface area contributed by atoms with Crippen molar-refractivity contribution in [2.75, 3.05) is 14.2 Å². The van der Waals surface area contributed by atoms with Gasteiger partial charge in [-0.05, 0) is 6.42 Å². The molecule has 5 heteroatoms. The molecule has 1 unspecified atom stereocenters. The van der Waals surface area contributed by atoms with Crippen molar-refractivity contribution in [3.8, 4) is 0 Å². The first kappa shape index (κ1) is 14.0. The molecule has 0 aromatic heterocycles. The summed E-state index contributed by atoms with van der Waals surface area (Å²) >= 11 is 0. The van der Waals surface area contributed by atoms with Gasteiger partial charge < -0.3 is 13.3 Å². The van der Waals surface area contributed by atoms with E-state index in [1.165, 1.54) is 14.2 Å². The third kappa shape index (κ3) is 4.50. The zero-order valence-electron chi connectivity index (χ0n) is 9.51. The van der Waals surface area contributed by atoms with Crippen LogP contribution in [0.4, 0.5) is 4.39 Å². The maximum Gasteiger partial charge on any atom is 0.502 e. The highest BCUT2D eigenvalue weighted by Crippen LogP contribution is 2.18. The van der Waals surface area contributed by atoms with E-state index < -0.39 is 15.2 Å². The van der Waals surface area contributed by atoms with Gasteiger partial charge in [0.1, 0.15) is 0 Å². The zero-order valence-corrected chi connectivity index (χ0v) is 10.5. The standard InChI is InChI=1S/C9H21FO3Si/c1-5-7-8-9(10)13-14(6-2,11-3)12-4/h9H,5-8H2,1-4H3. The molecule has 3 nitrogen and oxygen atoms in total. The largest absolute Gasteiger partial charge is 0.502 e. The smallest absolute Gasteiger partial charge is 0.377 e. The molecule has 0 fully saturated rings. The number of halogens is 1. The van der Waals surface area contributed by atoms with Crippen LogP contribution in [0.5, 0.6) is 0 Å². The molecule has 0 radical (unpaired) electrons. The highest BCUT2D eigenvalue weighted by molar-refractivity contribution is 6.60. The maximum absolute atomic E-state index is 13.3. The number of hydrogen-bond donors (Lipinski definition) is 0. The summed E-state index contributed by atoms with van der Waals surface area (Å²) in [5.41, 5.74) is 0. The van der Waals surface area contributed by atoms with E-state index in [4.69, 9.17) is 13.3 Å². The average molecular weight is 224 g/mol. The predicted octanol–water partition coefficient (Wildman–Crippen LogP) is 2.74. The molecule has 0 heterocycles. The van der Waals surface area contributed by atoms with Crippen LogP contribution in [0.3, 0.4) is 0 Å². The summed E-state index contributed by atoms with van der Waals surface area (Å²) in [4.78, 5) is 0. The van der Waals surface area contributed by atoms with E-state index >= 15 is 0 Å². The van der Waals surface area contributed by atoms with Gasteiger partial charge in [0.25, 0.3) is 0 Å². The summed E-state index contributed by atoms with van der Waals surface area (Å²) in [6.45, 7) is 3.90. The Bertz CT molecular complexity index is 134. The summed E-state index contributed by atoms with van der Waals surface area (Å²) in [5, 5.41) is 0. The summed E-state index contributed by atoms with van der Waals surface area (Å²) < 4.78 is 28.8. The Balaban J connectivity index is 4.01. The summed E-state index contributed by atoms with van der Waals surface area (Å²) in [6.07, 6.45) is 0.937. The van der Waals surface area contributed by atoms with Gasteiger partial charge in [-0.1, -0.05) is 20.3 Å². The minimum atomic E-state index is -2.71. The lowest BCUT2D eigenvalue weighted by molar-refractivity contribution is -0.0183. The molecule has 0 aliphatic rings. The van der Waals surface area contributed by atoms with E-state index in [2.05, 4.69) is 0 Å². The van der Waals surface area contributed by atoms with E-state index in [9.17, 15) is 4.39 Å². The molecule has 0 aromatic rings. The Morgan fingerprint density at radius 2 is 1.79 bits per heavy atom. The second-order valence-corrected chi connectivity index (χ2v) is 6.24. The predicted molar refractivity (Wildman–Crippen MR) is 55.8 cm³/mol. The fourth-order valence-corrected chi connectivity index (χ4v) is 2.78. The van der Waals surface area contributed by atoms with Gasteiger partial charge in [-0.3, -0.25) is 0 Å². The summed E-state index contributed by atoms with van der Waals surface area (Å²) in [6, 6.07) is 0.590. The quantitative estimate of drug-likeness (QED) is 0.593. The van der Waals surface area contributed by atoms with Crippen LogP contribution < -0.4 is 0 Å². The normalized spacial score (nSPS) is 14.4. The van der Waals surface area contributed by atoms with Crippen LogP contribution in [-0.2, 0) is 13.3 Å². The van der Waals surface area contributed by atoms with Crippen LogP contribution in [-0.4, -0.2) is 29.4 Å². The van der Waals surface area contributed by atoms with Crippen molar-refractivity contribution in [2.24, 2.45) is 0 Å². The molecule has 0 N–H and O–H groups in total. The minimum Gasteiger partial charge on any atom is -0.377 e. The molecule has 86 valence electrons. The van der Waals surface area contributed by atoms with Gasteiger partial charge in [0, 0.05) is 26.7 Å². The SMILES string of the molecule is CCCCC(F)O[Si](CC)(OC)OC. The number of rotatable bonds is 8. The van der Waals surface area contributed by atoms with Crippen LogP contribution in [0.2, 0.25) is 6.04 Å². The van der Waals surface area contributed by atoms with E-state index in [1.807, 2.05) is 13.8 Å². The lowest BCUT2D eigenvalue weighted by Gasteiger charge is -2.26. The Morgan fingerprint density at radius 1 is 1.21 bits per heavy atom. The van der Waals surface area contributed by atoms with Crippen molar-refractivity contribution in [3.05, 3.63) is 0 Å². The lowest BCUT2D eigenvalue weighted by Crippen LogP contribution is -2.45. The Hall–Kier alpha value is 0.0269. The van der Waals surface area contributed by atoms with Crippen LogP contribution in [0.1, 0.15) is 33.1 Å². The molecule has 0 rings (SSSR count). The molecular weight excluding hydrogens is 203 g/mol. The van der Waals surface area contributed by atoms with E-state index in [0.717, 1.165) is 12.8 Å². The van der Waals surface area contributed by atoms with Gasteiger partial charge >= 0.3 is 8.80 Å². The molecule has 0 saturated carbocycles. The molecule has 1 atom stereocenters. The second-order valence-electron chi connectivity index (χ2n) is 3.11. The van der Waals surface area contributed by atoms with Crippen molar-refractivity contribution in [1.29, 1.82) is 0 Å². The van der Waals surface area contributed by atoms with Gasteiger partial charge in [0.2, 0.25) is 0 Å². The molecule has 0 amide bonds. The molecule has 0 aromatic carbocycles. The number of hydrogen-bond acceptors (Lipinski definition) is 3. The van der Waals surface area contributed by atoms with Gasteiger partial charge in [0.05, 0.1) is 0 Å². The van der Waals surface area contributed by atoms with E-state index in [1.54, 1.807) is 0 Å². The average Bonchev–Trinajstić information content (AvgIpc) is 2.23. The Morgan fingerprint density at radius 3 is 2.14 bits per heavy atom. The maximum atomic E-state index is 13.3. The molecule has 0 aliphatic carbocycles. The lowest BCUT2D eigenvalue weighted by atomic mass is 10.3.